The van der Waals surface area contributed by atoms with Crippen LogP contribution >= 0.6 is 0 Å². The molecule has 0 spiro atoms. The lowest BCUT2D eigenvalue weighted by molar-refractivity contribution is 0.185. The molecule has 0 aromatic heterocycles. The highest BCUT2D eigenvalue weighted by atomic mass is 16.3. The Morgan fingerprint density at radius 2 is 2.05 bits per heavy atom. The van der Waals surface area contributed by atoms with E-state index in [0.29, 0.717) is 12.6 Å². The summed E-state index contributed by atoms with van der Waals surface area (Å²) in [5.74, 6) is 6.03. The molecule has 0 amide bonds. The third-order valence-corrected chi connectivity index (χ3v) is 3.05. The molecule has 1 rings (SSSR count). The molecule has 3 heteroatoms. The van der Waals surface area contributed by atoms with Crippen molar-refractivity contribution in [3.05, 3.63) is 35.4 Å². The van der Waals surface area contributed by atoms with E-state index in [2.05, 4.69) is 36.7 Å². The zero-order chi connectivity index (χ0) is 14.1. The largest absolute Gasteiger partial charge is 0.396 e. The second kappa shape index (κ2) is 8.71. The van der Waals surface area contributed by atoms with Crippen LogP contribution in [-0.4, -0.2) is 35.7 Å². The molecule has 0 saturated heterocycles. The van der Waals surface area contributed by atoms with Gasteiger partial charge >= 0.3 is 0 Å². The Kier molecular flexibility index (Phi) is 7.20. The van der Waals surface area contributed by atoms with Gasteiger partial charge in [0.25, 0.3) is 0 Å². The molecule has 0 bridgehead atoms. The van der Waals surface area contributed by atoms with Crippen LogP contribution in [-0.2, 0) is 6.54 Å². The summed E-state index contributed by atoms with van der Waals surface area (Å²) in [5, 5.41) is 8.97. The molecule has 0 aliphatic heterocycles. The van der Waals surface area contributed by atoms with Gasteiger partial charge in [0.15, 0.2) is 0 Å². The van der Waals surface area contributed by atoms with Crippen molar-refractivity contribution in [1.29, 1.82) is 0 Å². The van der Waals surface area contributed by atoms with Crippen LogP contribution in [0.15, 0.2) is 24.3 Å². The van der Waals surface area contributed by atoms with Gasteiger partial charge in [-0.1, -0.05) is 30.0 Å². The third kappa shape index (κ3) is 5.44. The zero-order valence-electron chi connectivity index (χ0n) is 11.9. The van der Waals surface area contributed by atoms with Gasteiger partial charge in [0.2, 0.25) is 0 Å². The van der Waals surface area contributed by atoms with Gasteiger partial charge < -0.3 is 10.8 Å². The van der Waals surface area contributed by atoms with Crippen LogP contribution in [0, 0.1) is 11.8 Å². The van der Waals surface area contributed by atoms with Gasteiger partial charge in [0.1, 0.15) is 0 Å². The summed E-state index contributed by atoms with van der Waals surface area (Å²) < 4.78 is 0. The van der Waals surface area contributed by atoms with Gasteiger partial charge in [-0.05, 0) is 31.9 Å². The Hall–Kier alpha value is -1.34. The van der Waals surface area contributed by atoms with Crippen molar-refractivity contribution >= 4 is 0 Å². The molecule has 0 aliphatic carbocycles. The van der Waals surface area contributed by atoms with Crippen LogP contribution in [0.3, 0.4) is 0 Å². The van der Waals surface area contributed by atoms with Crippen molar-refractivity contribution in [3.63, 3.8) is 0 Å². The molecule has 3 N–H and O–H groups in total. The first-order valence-corrected chi connectivity index (χ1v) is 6.80. The molecule has 1 aromatic rings. The lowest BCUT2D eigenvalue weighted by Crippen LogP contribution is -2.32. The Labute approximate surface area is 116 Å². The van der Waals surface area contributed by atoms with Gasteiger partial charge in [-0.3, -0.25) is 4.90 Å². The molecule has 0 heterocycles. The van der Waals surface area contributed by atoms with E-state index in [9.17, 15) is 0 Å². The van der Waals surface area contributed by atoms with Gasteiger partial charge in [0, 0.05) is 31.3 Å². The lowest BCUT2D eigenvalue weighted by atomic mass is 10.1. The van der Waals surface area contributed by atoms with Crippen LogP contribution in [0.1, 0.15) is 31.4 Å². The highest BCUT2D eigenvalue weighted by Crippen LogP contribution is 2.13. The quantitative estimate of drug-likeness (QED) is 0.764. The minimum Gasteiger partial charge on any atom is -0.396 e. The minimum absolute atomic E-state index is 0.234. The van der Waals surface area contributed by atoms with E-state index in [-0.39, 0.29) is 6.61 Å². The summed E-state index contributed by atoms with van der Waals surface area (Å²) in [7, 11) is 0. The highest BCUT2D eigenvalue weighted by Gasteiger charge is 2.11. The maximum atomic E-state index is 8.97. The predicted octanol–water partition coefficient (Wildman–Crippen LogP) is 1.59. The number of aliphatic hydroxyl groups is 1. The molecule has 3 nitrogen and oxygen atoms in total. The summed E-state index contributed by atoms with van der Waals surface area (Å²) in [6, 6.07) is 8.62. The van der Waals surface area contributed by atoms with E-state index in [1.54, 1.807) is 0 Å². The number of nitrogens with two attached hydrogens (primary N) is 1. The van der Waals surface area contributed by atoms with Crippen LogP contribution in [0.5, 0.6) is 0 Å². The number of hydrogen-bond acceptors (Lipinski definition) is 3. The molecule has 1 aromatic carbocycles. The number of rotatable bonds is 6. The SMILES string of the molecule is CC(C)N(CCCO)Cc1ccccc1C#CCN. The number of aliphatic hydroxyl groups excluding tert-OH is 1. The van der Waals surface area contributed by atoms with Crippen LogP contribution in [0.25, 0.3) is 0 Å². The van der Waals surface area contributed by atoms with Crippen molar-refractivity contribution < 1.29 is 5.11 Å². The van der Waals surface area contributed by atoms with E-state index in [1.165, 1.54) is 5.56 Å². The molecule has 0 unspecified atom stereocenters. The maximum absolute atomic E-state index is 8.97. The summed E-state index contributed by atoms with van der Waals surface area (Å²) in [4.78, 5) is 2.35. The van der Waals surface area contributed by atoms with Gasteiger partial charge in [-0.25, -0.2) is 0 Å². The maximum Gasteiger partial charge on any atom is 0.0555 e. The molecule has 0 saturated carbocycles. The highest BCUT2D eigenvalue weighted by molar-refractivity contribution is 5.41. The van der Waals surface area contributed by atoms with Gasteiger partial charge in [-0.2, -0.15) is 0 Å². The van der Waals surface area contributed by atoms with E-state index in [0.717, 1.165) is 25.1 Å². The number of nitrogens with zero attached hydrogens (tertiary/aromatic N) is 1. The van der Waals surface area contributed by atoms with Crippen molar-refractivity contribution in [1.82, 2.24) is 4.90 Å². The topological polar surface area (TPSA) is 49.5 Å². The molecule has 0 fully saturated rings. The van der Waals surface area contributed by atoms with Crippen LogP contribution in [0.4, 0.5) is 0 Å². The third-order valence-electron chi connectivity index (χ3n) is 3.05. The van der Waals surface area contributed by atoms with Crippen LogP contribution < -0.4 is 5.73 Å². The Morgan fingerprint density at radius 1 is 1.32 bits per heavy atom. The van der Waals surface area contributed by atoms with E-state index >= 15 is 0 Å². The van der Waals surface area contributed by atoms with Crippen molar-refractivity contribution in [3.8, 4) is 11.8 Å². The number of hydrogen-bond donors (Lipinski definition) is 2. The normalized spacial score (nSPS) is 10.6. The molecule has 0 atom stereocenters. The standard InChI is InChI=1S/C16H24N2O/c1-14(2)18(11-6-12-19)13-16-8-4-3-7-15(16)9-5-10-17/h3-4,7-8,14,19H,6,10-13,17H2,1-2H3. The molecular weight excluding hydrogens is 236 g/mol. The fourth-order valence-electron chi connectivity index (χ4n) is 1.94. The summed E-state index contributed by atoms with van der Waals surface area (Å²) in [6.07, 6.45) is 0.800. The Bertz CT molecular complexity index is 432. The zero-order valence-corrected chi connectivity index (χ0v) is 11.9. The van der Waals surface area contributed by atoms with E-state index < -0.39 is 0 Å². The van der Waals surface area contributed by atoms with E-state index in [4.69, 9.17) is 10.8 Å². The molecule has 104 valence electrons. The number of benzene rings is 1. The molecular formula is C16H24N2O. The fourth-order valence-corrected chi connectivity index (χ4v) is 1.94. The molecule has 0 radical (unpaired) electrons. The monoisotopic (exact) mass is 260 g/mol. The second-order valence-electron chi connectivity index (χ2n) is 4.80. The predicted molar refractivity (Wildman–Crippen MR) is 79.6 cm³/mol. The molecule has 19 heavy (non-hydrogen) atoms. The average Bonchev–Trinajstić information content (AvgIpc) is 2.41. The molecule has 0 aliphatic rings. The smallest absolute Gasteiger partial charge is 0.0555 e. The van der Waals surface area contributed by atoms with Crippen molar-refractivity contribution in [2.45, 2.75) is 32.9 Å². The first-order chi connectivity index (χ1) is 9.19. The minimum atomic E-state index is 0.234. The summed E-state index contributed by atoms with van der Waals surface area (Å²) in [5.41, 5.74) is 7.69. The van der Waals surface area contributed by atoms with Crippen molar-refractivity contribution in [2.75, 3.05) is 19.7 Å². The Morgan fingerprint density at radius 3 is 2.68 bits per heavy atom. The lowest BCUT2D eigenvalue weighted by Gasteiger charge is -2.26. The summed E-state index contributed by atoms with van der Waals surface area (Å²) in [6.45, 7) is 6.71. The fraction of sp³-hybridized carbons (Fsp3) is 0.500. The average molecular weight is 260 g/mol. The van der Waals surface area contributed by atoms with Crippen LogP contribution in [0.2, 0.25) is 0 Å². The van der Waals surface area contributed by atoms with Gasteiger partial charge in [0.05, 0.1) is 6.54 Å². The Balaban J connectivity index is 2.83. The first-order valence-electron chi connectivity index (χ1n) is 6.80. The van der Waals surface area contributed by atoms with E-state index in [1.807, 2.05) is 18.2 Å². The van der Waals surface area contributed by atoms with Gasteiger partial charge in [-0.15, -0.1) is 0 Å². The second-order valence-corrected chi connectivity index (χ2v) is 4.80. The summed E-state index contributed by atoms with van der Waals surface area (Å²) >= 11 is 0. The van der Waals surface area contributed by atoms with Crippen molar-refractivity contribution in [2.24, 2.45) is 5.73 Å². The first kappa shape index (κ1) is 15.7.